The highest BCUT2D eigenvalue weighted by molar-refractivity contribution is 5.73. The lowest BCUT2D eigenvalue weighted by Gasteiger charge is -2.33. The molecule has 5 heteroatoms. The molecular weight excluding hydrogens is 550 g/mol. The standard InChI is InChI=1S/C40H46N5/c1-8-40(9-2)24-31(23-30-22-29(25-41)16-17-36(30)43-19-18-42(7)28(43)6)35-15-11-13-33-27(5)34-14-10-12-32(26(3)4)38(34)44-20-21-45(40)39(44)37(33)35/h10-22,26-28,31H,8-9,23-24H2,1-7H3/q+1. The van der Waals surface area contributed by atoms with Gasteiger partial charge in [-0.15, -0.1) is 0 Å². The second kappa shape index (κ2) is 10.9. The van der Waals surface area contributed by atoms with Crippen LogP contribution in [0.3, 0.4) is 0 Å². The van der Waals surface area contributed by atoms with E-state index in [4.69, 9.17) is 0 Å². The van der Waals surface area contributed by atoms with Gasteiger partial charge in [0.1, 0.15) is 29.8 Å². The lowest BCUT2D eigenvalue weighted by atomic mass is 9.76. The van der Waals surface area contributed by atoms with Crippen LogP contribution in [0.1, 0.15) is 112 Å². The summed E-state index contributed by atoms with van der Waals surface area (Å²) in [6.07, 6.45) is 13.3. The number of rotatable bonds is 6. The second-order valence-electron chi connectivity index (χ2n) is 13.8. The predicted molar refractivity (Wildman–Crippen MR) is 183 cm³/mol. The van der Waals surface area contributed by atoms with Gasteiger partial charge in [0.2, 0.25) is 0 Å². The molecular formula is C40H46N5+. The first-order valence-electron chi connectivity index (χ1n) is 16.8. The summed E-state index contributed by atoms with van der Waals surface area (Å²) < 4.78 is 5.19. The molecule has 0 aliphatic carbocycles. The Bertz CT molecular complexity index is 1850. The fraction of sp³-hybridized carbons (Fsp3) is 0.400. The zero-order valence-electron chi connectivity index (χ0n) is 27.9. The van der Waals surface area contributed by atoms with Crippen molar-refractivity contribution in [1.82, 2.24) is 9.47 Å². The summed E-state index contributed by atoms with van der Waals surface area (Å²) >= 11 is 0. The number of aromatic nitrogens is 2. The number of fused-ring (bicyclic) bond motifs is 2. The van der Waals surface area contributed by atoms with Crippen LogP contribution >= 0.6 is 0 Å². The Morgan fingerprint density at radius 1 is 0.978 bits per heavy atom. The fourth-order valence-electron chi connectivity index (χ4n) is 8.55. The normalized spacial score (nSPS) is 20.9. The molecule has 3 aliphatic rings. The Kier molecular flexibility index (Phi) is 7.15. The maximum absolute atomic E-state index is 9.96. The van der Waals surface area contributed by atoms with E-state index in [9.17, 15) is 5.26 Å². The van der Waals surface area contributed by atoms with Crippen molar-refractivity contribution in [3.8, 4) is 23.1 Å². The molecule has 5 nitrogen and oxygen atoms in total. The molecule has 4 heterocycles. The van der Waals surface area contributed by atoms with Crippen molar-refractivity contribution >= 4 is 5.69 Å². The third kappa shape index (κ3) is 4.36. The van der Waals surface area contributed by atoms with Crippen molar-refractivity contribution in [3.05, 3.63) is 113 Å². The molecule has 4 aromatic rings. The van der Waals surface area contributed by atoms with Crippen LogP contribution in [-0.2, 0) is 12.0 Å². The lowest BCUT2D eigenvalue weighted by molar-refractivity contribution is -0.756. The van der Waals surface area contributed by atoms with Crippen molar-refractivity contribution in [1.29, 1.82) is 5.26 Å². The smallest absolute Gasteiger partial charge is 0.295 e. The number of para-hydroxylation sites is 1. The van der Waals surface area contributed by atoms with Gasteiger partial charge in [-0.05, 0) is 79.3 Å². The van der Waals surface area contributed by atoms with Crippen molar-refractivity contribution in [2.24, 2.45) is 0 Å². The average molecular weight is 597 g/mol. The molecule has 45 heavy (non-hydrogen) atoms. The summed E-state index contributed by atoms with van der Waals surface area (Å²) in [7, 11) is 2.12. The van der Waals surface area contributed by atoms with Crippen LogP contribution in [0.15, 0.2) is 79.4 Å². The van der Waals surface area contributed by atoms with Gasteiger partial charge in [0, 0.05) is 42.2 Å². The highest BCUT2D eigenvalue weighted by Crippen LogP contribution is 2.50. The molecule has 0 amide bonds. The summed E-state index contributed by atoms with van der Waals surface area (Å²) in [6.45, 7) is 14.0. The minimum absolute atomic E-state index is 0.0316. The van der Waals surface area contributed by atoms with E-state index in [0.29, 0.717) is 11.8 Å². The molecule has 230 valence electrons. The molecule has 0 radical (unpaired) electrons. The Morgan fingerprint density at radius 2 is 1.71 bits per heavy atom. The molecule has 0 fully saturated rings. The number of nitriles is 1. The Balaban J connectivity index is 1.48. The number of benzene rings is 3. The maximum Gasteiger partial charge on any atom is 0.295 e. The van der Waals surface area contributed by atoms with E-state index < -0.39 is 0 Å². The van der Waals surface area contributed by atoms with Gasteiger partial charge in [0.05, 0.1) is 17.2 Å². The molecule has 0 N–H and O–H groups in total. The molecule has 0 saturated heterocycles. The van der Waals surface area contributed by atoms with Crippen molar-refractivity contribution in [3.63, 3.8) is 0 Å². The molecule has 1 aromatic heterocycles. The Morgan fingerprint density at radius 3 is 2.40 bits per heavy atom. The van der Waals surface area contributed by atoms with Gasteiger partial charge in [-0.2, -0.15) is 9.83 Å². The van der Waals surface area contributed by atoms with Crippen LogP contribution in [0.4, 0.5) is 5.69 Å². The highest BCUT2D eigenvalue weighted by atomic mass is 15.4. The topological polar surface area (TPSA) is 39.1 Å². The number of hydrogen-bond donors (Lipinski definition) is 0. The zero-order chi connectivity index (χ0) is 31.6. The minimum atomic E-state index is -0.0316. The third-order valence-corrected chi connectivity index (χ3v) is 11.4. The van der Waals surface area contributed by atoms with Gasteiger partial charge in [0.15, 0.2) is 0 Å². The van der Waals surface area contributed by atoms with Gasteiger partial charge >= 0.3 is 0 Å². The van der Waals surface area contributed by atoms with Crippen LogP contribution in [0.25, 0.3) is 17.1 Å². The largest absolute Gasteiger partial charge is 0.359 e. The van der Waals surface area contributed by atoms with Crippen LogP contribution in [-0.4, -0.2) is 22.7 Å². The first kappa shape index (κ1) is 29.4. The number of hydrogen-bond acceptors (Lipinski definition) is 3. The predicted octanol–water partition coefficient (Wildman–Crippen LogP) is 8.71. The molecule has 3 atom stereocenters. The van der Waals surface area contributed by atoms with E-state index in [1.807, 2.05) is 6.07 Å². The zero-order valence-corrected chi connectivity index (χ0v) is 27.9. The van der Waals surface area contributed by atoms with E-state index in [1.165, 1.54) is 50.6 Å². The summed E-state index contributed by atoms with van der Waals surface area (Å²) in [5.74, 6) is 2.30. The molecule has 3 aliphatic heterocycles. The molecule has 3 aromatic carbocycles. The van der Waals surface area contributed by atoms with E-state index in [1.54, 1.807) is 0 Å². The Labute approximate surface area is 269 Å². The molecule has 7 rings (SSSR count). The van der Waals surface area contributed by atoms with E-state index in [2.05, 4.69) is 147 Å². The minimum Gasteiger partial charge on any atom is -0.359 e. The molecule has 0 bridgehead atoms. The van der Waals surface area contributed by atoms with Gasteiger partial charge in [-0.25, -0.2) is 4.57 Å². The average Bonchev–Trinajstić information content (AvgIpc) is 3.58. The van der Waals surface area contributed by atoms with Gasteiger partial charge in [-0.1, -0.05) is 71.0 Å². The summed E-state index contributed by atoms with van der Waals surface area (Å²) in [5, 5.41) is 9.96. The lowest BCUT2D eigenvalue weighted by Crippen LogP contribution is -2.56. The van der Waals surface area contributed by atoms with Crippen LogP contribution in [0.5, 0.6) is 0 Å². The number of nitrogens with zero attached hydrogens (tertiary/aromatic N) is 5. The second-order valence-corrected chi connectivity index (χ2v) is 13.8. The van der Waals surface area contributed by atoms with Gasteiger partial charge in [0.25, 0.3) is 5.82 Å². The summed E-state index contributed by atoms with van der Waals surface area (Å²) in [4.78, 5) is 4.59. The van der Waals surface area contributed by atoms with E-state index in [0.717, 1.165) is 31.2 Å². The monoisotopic (exact) mass is 596 g/mol. The number of imidazole rings is 1. The molecule has 0 spiro atoms. The third-order valence-electron chi connectivity index (χ3n) is 11.4. The van der Waals surface area contributed by atoms with Gasteiger partial charge in [-0.3, -0.25) is 0 Å². The van der Waals surface area contributed by atoms with Crippen molar-refractivity contribution in [2.45, 2.75) is 96.7 Å². The summed E-state index contributed by atoms with van der Waals surface area (Å²) in [5.41, 5.74) is 11.6. The van der Waals surface area contributed by atoms with Crippen LogP contribution < -0.4 is 9.47 Å². The first-order chi connectivity index (χ1) is 21.7. The van der Waals surface area contributed by atoms with Gasteiger partial charge < -0.3 is 9.80 Å². The Hall–Kier alpha value is -4.30. The fourth-order valence-corrected chi connectivity index (χ4v) is 8.55. The quantitative estimate of drug-likeness (QED) is 0.209. The SMILES string of the molecule is CCC1(CC)CC(Cc2cc(C#N)ccc2N2C=CN(C)C2C)c2cccc3c2-c2n(cc[n+]21)-c1c(C(C)C)cccc1C3C. The van der Waals surface area contributed by atoms with Crippen molar-refractivity contribution in [2.75, 3.05) is 11.9 Å². The highest BCUT2D eigenvalue weighted by Gasteiger charge is 2.47. The maximum atomic E-state index is 9.96. The van der Waals surface area contributed by atoms with E-state index in [-0.39, 0.29) is 17.6 Å². The summed E-state index contributed by atoms with van der Waals surface area (Å²) in [6, 6.07) is 22.7. The first-order valence-corrected chi connectivity index (χ1v) is 16.8. The van der Waals surface area contributed by atoms with E-state index >= 15 is 0 Å². The molecule has 0 saturated carbocycles. The van der Waals surface area contributed by atoms with Crippen LogP contribution in [0.2, 0.25) is 0 Å². The number of anilines is 1. The van der Waals surface area contributed by atoms with Crippen molar-refractivity contribution < 1.29 is 4.57 Å². The van der Waals surface area contributed by atoms with Crippen LogP contribution in [0, 0.1) is 11.3 Å². The molecule has 3 unspecified atom stereocenters.